The maximum absolute atomic E-state index is 12.7. The van der Waals surface area contributed by atoms with E-state index in [0.29, 0.717) is 5.69 Å². The van der Waals surface area contributed by atoms with Crippen molar-refractivity contribution >= 4 is 11.6 Å². The topological polar surface area (TPSA) is 59.9 Å². The summed E-state index contributed by atoms with van der Waals surface area (Å²) in [6.07, 6.45) is 10.7. The van der Waals surface area contributed by atoms with Crippen LogP contribution in [0.3, 0.4) is 0 Å². The van der Waals surface area contributed by atoms with Gasteiger partial charge in [-0.1, -0.05) is 38.5 Å². The van der Waals surface area contributed by atoms with Gasteiger partial charge < -0.3 is 0 Å². The zero-order chi connectivity index (χ0) is 16.2. The van der Waals surface area contributed by atoms with E-state index in [1.807, 2.05) is 6.92 Å². The highest BCUT2D eigenvalue weighted by molar-refractivity contribution is 5.99. The lowest BCUT2D eigenvalue weighted by Crippen LogP contribution is -2.24. The fourth-order valence-electron chi connectivity index (χ4n) is 3.93. The third-order valence-electron chi connectivity index (χ3n) is 5.28. The van der Waals surface area contributed by atoms with Crippen LogP contribution in [0.1, 0.15) is 91.0 Å². The van der Waals surface area contributed by atoms with E-state index in [4.69, 9.17) is 0 Å². The number of carbonyl (C=O) groups is 2. The molecule has 1 aromatic heterocycles. The maximum Gasteiger partial charge on any atom is 0.203 e. The van der Waals surface area contributed by atoms with Crippen LogP contribution < -0.4 is 0 Å². The SMILES string of the molecule is Cc1cc(C(=O)C2CCCCC2)nc(C(=O)C2CCCCC2)n1. The molecule has 2 aliphatic carbocycles. The van der Waals surface area contributed by atoms with Crippen molar-refractivity contribution < 1.29 is 9.59 Å². The lowest BCUT2D eigenvalue weighted by Gasteiger charge is -2.21. The molecule has 2 aliphatic rings. The molecule has 0 spiro atoms. The third kappa shape index (κ3) is 3.85. The van der Waals surface area contributed by atoms with Crippen molar-refractivity contribution in [3.8, 4) is 0 Å². The number of rotatable bonds is 4. The molecule has 0 aromatic carbocycles. The second kappa shape index (κ2) is 7.33. The number of hydrogen-bond donors (Lipinski definition) is 0. The van der Waals surface area contributed by atoms with Gasteiger partial charge in [-0.3, -0.25) is 9.59 Å². The normalized spacial score (nSPS) is 20.4. The molecule has 1 aromatic rings. The zero-order valence-corrected chi connectivity index (χ0v) is 14.0. The van der Waals surface area contributed by atoms with Gasteiger partial charge in [0, 0.05) is 17.5 Å². The van der Waals surface area contributed by atoms with Crippen molar-refractivity contribution in [1.82, 2.24) is 9.97 Å². The Morgan fingerprint density at radius 3 is 1.91 bits per heavy atom. The summed E-state index contributed by atoms with van der Waals surface area (Å²) in [5.74, 6) is 0.522. The fourth-order valence-corrected chi connectivity index (χ4v) is 3.93. The molecule has 4 nitrogen and oxygen atoms in total. The Balaban J connectivity index is 1.80. The van der Waals surface area contributed by atoms with E-state index in [0.717, 1.165) is 57.1 Å². The van der Waals surface area contributed by atoms with Crippen molar-refractivity contribution in [2.24, 2.45) is 11.8 Å². The van der Waals surface area contributed by atoms with Crippen LogP contribution in [0.4, 0.5) is 0 Å². The van der Waals surface area contributed by atoms with Crippen LogP contribution in [0.25, 0.3) is 0 Å². The van der Waals surface area contributed by atoms with Crippen LogP contribution in [0.5, 0.6) is 0 Å². The predicted molar refractivity (Wildman–Crippen MR) is 88.6 cm³/mol. The van der Waals surface area contributed by atoms with Gasteiger partial charge in [0.05, 0.1) is 0 Å². The van der Waals surface area contributed by atoms with E-state index in [1.54, 1.807) is 6.07 Å². The Kier molecular flexibility index (Phi) is 5.19. The van der Waals surface area contributed by atoms with Gasteiger partial charge in [0.2, 0.25) is 5.78 Å². The van der Waals surface area contributed by atoms with E-state index in [1.165, 1.54) is 12.8 Å². The highest BCUT2D eigenvalue weighted by Crippen LogP contribution is 2.28. The third-order valence-corrected chi connectivity index (χ3v) is 5.28. The molecule has 0 amide bonds. The maximum atomic E-state index is 12.7. The number of ketones is 2. The van der Waals surface area contributed by atoms with Gasteiger partial charge in [-0.15, -0.1) is 0 Å². The second-order valence-electron chi connectivity index (χ2n) is 7.12. The Bertz CT molecular complexity index is 537. The molecule has 0 N–H and O–H groups in total. The molecule has 1 heterocycles. The molecule has 0 saturated heterocycles. The minimum atomic E-state index is 0.0334. The monoisotopic (exact) mass is 314 g/mol. The summed E-state index contributed by atoms with van der Waals surface area (Å²) in [6, 6.07) is 1.74. The van der Waals surface area contributed by atoms with Crippen molar-refractivity contribution in [1.29, 1.82) is 0 Å². The Morgan fingerprint density at radius 1 is 0.826 bits per heavy atom. The van der Waals surface area contributed by atoms with Crippen molar-refractivity contribution in [2.45, 2.75) is 71.1 Å². The van der Waals surface area contributed by atoms with Gasteiger partial charge in [0.1, 0.15) is 5.69 Å². The minimum absolute atomic E-state index is 0.0334. The average Bonchev–Trinajstić information content (AvgIpc) is 2.61. The van der Waals surface area contributed by atoms with Crippen molar-refractivity contribution in [3.63, 3.8) is 0 Å². The lowest BCUT2D eigenvalue weighted by atomic mass is 9.84. The lowest BCUT2D eigenvalue weighted by molar-refractivity contribution is 0.0873. The predicted octanol–water partition coefficient (Wildman–Crippen LogP) is 4.31. The standard InChI is InChI=1S/C19H26N2O2/c1-13-12-16(17(22)14-8-4-2-5-9-14)21-19(20-13)18(23)15-10-6-3-7-11-15/h12,14-15H,2-11H2,1H3. The summed E-state index contributed by atoms with van der Waals surface area (Å²) in [7, 11) is 0. The molecule has 4 heteroatoms. The Labute approximate surface area is 138 Å². The Hall–Kier alpha value is -1.58. The van der Waals surface area contributed by atoms with Crippen LogP contribution in [-0.2, 0) is 0 Å². The highest BCUT2D eigenvalue weighted by Gasteiger charge is 2.28. The van der Waals surface area contributed by atoms with Crippen molar-refractivity contribution in [3.05, 3.63) is 23.3 Å². The molecule has 2 saturated carbocycles. The molecule has 3 rings (SSSR count). The number of aromatic nitrogens is 2. The van der Waals surface area contributed by atoms with Gasteiger partial charge in [-0.2, -0.15) is 0 Å². The van der Waals surface area contributed by atoms with Gasteiger partial charge >= 0.3 is 0 Å². The van der Waals surface area contributed by atoms with Crippen LogP contribution in [-0.4, -0.2) is 21.5 Å². The molecule has 2 fully saturated rings. The molecule has 0 aliphatic heterocycles. The highest BCUT2D eigenvalue weighted by atomic mass is 16.1. The molecule has 0 bridgehead atoms. The number of hydrogen-bond acceptors (Lipinski definition) is 4. The number of Topliss-reactive ketones (excluding diaryl/α,β-unsaturated/α-hetero) is 2. The van der Waals surface area contributed by atoms with Crippen molar-refractivity contribution in [2.75, 3.05) is 0 Å². The minimum Gasteiger partial charge on any atom is -0.292 e. The van der Waals surface area contributed by atoms with E-state index in [-0.39, 0.29) is 29.2 Å². The van der Waals surface area contributed by atoms with E-state index < -0.39 is 0 Å². The fraction of sp³-hybridized carbons (Fsp3) is 0.684. The summed E-state index contributed by atoms with van der Waals surface area (Å²) < 4.78 is 0. The quantitative estimate of drug-likeness (QED) is 0.777. The zero-order valence-electron chi connectivity index (χ0n) is 14.0. The van der Waals surface area contributed by atoms with E-state index in [9.17, 15) is 9.59 Å². The second-order valence-corrected chi connectivity index (χ2v) is 7.12. The van der Waals surface area contributed by atoms with Gasteiger partial charge in [-0.25, -0.2) is 9.97 Å². The first kappa shape index (κ1) is 16.3. The van der Waals surface area contributed by atoms with Gasteiger partial charge in [0.15, 0.2) is 11.6 Å². The van der Waals surface area contributed by atoms with Crippen LogP contribution in [0, 0.1) is 18.8 Å². The van der Waals surface area contributed by atoms with Crippen LogP contribution >= 0.6 is 0 Å². The van der Waals surface area contributed by atoms with Gasteiger partial charge in [0.25, 0.3) is 0 Å². The summed E-state index contributed by atoms with van der Waals surface area (Å²) in [6.45, 7) is 1.84. The van der Waals surface area contributed by atoms with Crippen LogP contribution in [0.2, 0.25) is 0 Å². The molecule has 0 atom stereocenters. The first-order valence-electron chi connectivity index (χ1n) is 9.09. The molecule has 23 heavy (non-hydrogen) atoms. The molecule has 0 unspecified atom stereocenters. The summed E-state index contributed by atoms with van der Waals surface area (Å²) in [5, 5.41) is 0. The average molecular weight is 314 g/mol. The smallest absolute Gasteiger partial charge is 0.203 e. The summed E-state index contributed by atoms with van der Waals surface area (Å²) >= 11 is 0. The number of carbonyl (C=O) groups excluding carboxylic acids is 2. The number of nitrogens with zero attached hydrogens (tertiary/aromatic N) is 2. The summed E-state index contributed by atoms with van der Waals surface area (Å²) in [5.41, 5.74) is 1.17. The van der Waals surface area contributed by atoms with Gasteiger partial charge in [-0.05, 0) is 38.7 Å². The Morgan fingerprint density at radius 2 is 1.35 bits per heavy atom. The largest absolute Gasteiger partial charge is 0.292 e. The molecule has 124 valence electrons. The molecule has 0 radical (unpaired) electrons. The molecular weight excluding hydrogens is 288 g/mol. The van der Waals surface area contributed by atoms with Crippen LogP contribution in [0.15, 0.2) is 6.07 Å². The summed E-state index contributed by atoms with van der Waals surface area (Å²) in [4.78, 5) is 34.1. The first-order valence-corrected chi connectivity index (χ1v) is 9.09. The van der Waals surface area contributed by atoms with E-state index >= 15 is 0 Å². The molecular formula is C19H26N2O2. The number of aryl methyl sites for hydroxylation is 1. The van der Waals surface area contributed by atoms with E-state index in [2.05, 4.69) is 9.97 Å². The first-order chi connectivity index (χ1) is 11.1.